The fourth-order valence-electron chi connectivity index (χ4n) is 3.88. The lowest BCUT2D eigenvalue weighted by Crippen LogP contribution is -2.49. The average molecular weight is 558 g/mol. The molecule has 2 rings (SSSR count). The van der Waals surface area contributed by atoms with Crippen molar-refractivity contribution in [3.8, 4) is 0 Å². The molecule has 0 aliphatic rings. The summed E-state index contributed by atoms with van der Waals surface area (Å²) >= 11 is 6.32. The molecule has 2 amide bonds. The van der Waals surface area contributed by atoms with E-state index >= 15 is 0 Å². The fourth-order valence-corrected chi connectivity index (χ4v) is 5.03. The van der Waals surface area contributed by atoms with Crippen molar-refractivity contribution >= 4 is 39.1 Å². The van der Waals surface area contributed by atoms with Gasteiger partial charge in [0.25, 0.3) is 0 Å². The summed E-state index contributed by atoms with van der Waals surface area (Å²) < 4.78 is 52.7. The normalized spacial score (nSPS) is 12.2. The third kappa shape index (κ3) is 8.96. The monoisotopic (exact) mass is 557 g/mol. The summed E-state index contributed by atoms with van der Waals surface area (Å²) in [5, 5.41) is 3.34. The molecule has 0 aromatic heterocycles. The van der Waals surface area contributed by atoms with E-state index in [1.807, 2.05) is 13.8 Å². The van der Waals surface area contributed by atoms with Crippen LogP contribution in [0.25, 0.3) is 0 Å². The highest BCUT2D eigenvalue weighted by Crippen LogP contribution is 2.23. The number of rotatable bonds is 14. The van der Waals surface area contributed by atoms with Gasteiger partial charge in [0.15, 0.2) is 11.6 Å². The number of halogens is 3. The molecule has 0 saturated carbocycles. The van der Waals surface area contributed by atoms with Crippen LogP contribution in [0.3, 0.4) is 0 Å². The van der Waals surface area contributed by atoms with Gasteiger partial charge in [-0.15, -0.1) is 0 Å². The predicted molar refractivity (Wildman–Crippen MR) is 142 cm³/mol. The van der Waals surface area contributed by atoms with E-state index in [0.717, 1.165) is 35.5 Å². The van der Waals surface area contributed by atoms with E-state index in [0.29, 0.717) is 23.6 Å². The molecule has 0 heterocycles. The summed E-state index contributed by atoms with van der Waals surface area (Å²) in [7, 11) is -3.83. The van der Waals surface area contributed by atoms with Crippen LogP contribution >= 0.6 is 11.6 Å². The van der Waals surface area contributed by atoms with Crippen molar-refractivity contribution in [2.45, 2.75) is 58.5 Å². The first kappa shape index (κ1) is 30.5. The van der Waals surface area contributed by atoms with Crippen molar-refractivity contribution in [3.05, 3.63) is 64.7 Å². The average Bonchev–Trinajstić information content (AvgIpc) is 2.84. The summed E-state index contributed by atoms with van der Waals surface area (Å²) in [6.45, 7) is 4.30. The maximum absolute atomic E-state index is 13.7. The van der Waals surface area contributed by atoms with E-state index in [2.05, 4.69) is 5.32 Å². The number of hydrogen-bond acceptors (Lipinski definition) is 4. The SMILES string of the molecule is CCCCNC(=O)[C@@H](CC)N(Cc1ccccc1Cl)C(=O)CCCN(c1ccc(F)c(F)c1)S(C)(=O)=O. The Morgan fingerprint density at radius 1 is 1.05 bits per heavy atom. The molecule has 1 atom stereocenters. The molecule has 2 aromatic carbocycles. The third-order valence-electron chi connectivity index (χ3n) is 5.86. The van der Waals surface area contributed by atoms with Crippen molar-refractivity contribution < 1.29 is 26.8 Å². The van der Waals surface area contributed by atoms with Gasteiger partial charge in [-0.1, -0.05) is 50.1 Å². The summed E-state index contributed by atoms with van der Waals surface area (Å²) in [6, 6.07) is 9.11. The van der Waals surface area contributed by atoms with Crippen molar-refractivity contribution in [1.82, 2.24) is 10.2 Å². The van der Waals surface area contributed by atoms with E-state index in [-0.39, 0.29) is 43.4 Å². The first-order chi connectivity index (χ1) is 17.5. The lowest BCUT2D eigenvalue weighted by atomic mass is 10.1. The molecule has 0 unspecified atom stereocenters. The van der Waals surface area contributed by atoms with Gasteiger partial charge in [0, 0.05) is 37.1 Å². The van der Waals surface area contributed by atoms with Crippen molar-refractivity contribution in [3.63, 3.8) is 0 Å². The molecule has 0 fully saturated rings. The molecular formula is C26H34ClF2N3O4S. The summed E-state index contributed by atoms with van der Waals surface area (Å²) in [5.41, 5.74) is 0.639. The van der Waals surface area contributed by atoms with Gasteiger partial charge in [0.2, 0.25) is 21.8 Å². The summed E-state index contributed by atoms with van der Waals surface area (Å²) in [5.74, 6) is -2.88. The van der Waals surface area contributed by atoms with E-state index in [1.54, 1.807) is 24.3 Å². The highest BCUT2D eigenvalue weighted by Gasteiger charge is 2.29. The molecule has 0 aliphatic heterocycles. The van der Waals surface area contributed by atoms with Crippen molar-refractivity contribution in [2.24, 2.45) is 0 Å². The Balaban J connectivity index is 2.22. The summed E-state index contributed by atoms with van der Waals surface area (Å²) in [6.07, 6.45) is 3.07. The molecule has 0 radical (unpaired) electrons. The maximum atomic E-state index is 13.7. The minimum Gasteiger partial charge on any atom is -0.354 e. The second-order valence-electron chi connectivity index (χ2n) is 8.72. The Morgan fingerprint density at radius 2 is 1.76 bits per heavy atom. The van der Waals surface area contributed by atoms with Crippen LogP contribution in [-0.2, 0) is 26.2 Å². The van der Waals surface area contributed by atoms with Gasteiger partial charge in [0.05, 0.1) is 11.9 Å². The molecule has 204 valence electrons. The Morgan fingerprint density at radius 3 is 2.35 bits per heavy atom. The Hall–Kier alpha value is -2.72. The van der Waals surface area contributed by atoms with Crippen LogP contribution in [0.15, 0.2) is 42.5 Å². The van der Waals surface area contributed by atoms with Crippen LogP contribution in [-0.4, -0.2) is 50.5 Å². The minimum atomic E-state index is -3.83. The zero-order valence-corrected chi connectivity index (χ0v) is 22.9. The Bertz CT molecular complexity index is 1180. The first-order valence-corrected chi connectivity index (χ1v) is 14.5. The lowest BCUT2D eigenvalue weighted by Gasteiger charge is -2.31. The highest BCUT2D eigenvalue weighted by molar-refractivity contribution is 7.92. The predicted octanol–water partition coefficient (Wildman–Crippen LogP) is 4.89. The van der Waals surface area contributed by atoms with Crippen LogP contribution in [0.4, 0.5) is 14.5 Å². The van der Waals surface area contributed by atoms with Gasteiger partial charge in [0.1, 0.15) is 6.04 Å². The smallest absolute Gasteiger partial charge is 0.242 e. The second kappa shape index (κ2) is 14.3. The quantitative estimate of drug-likeness (QED) is 0.335. The molecule has 1 N–H and O–H groups in total. The van der Waals surface area contributed by atoms with Crippen LogP contribution < -0.4 is 9.62 Å². The number of nitrogens with zero attached hydrogens (tertiary/aromatic N) is 2. The van der Waals surface area contributed by atoms with Crippen molar-refractivity contribution in [1.29, 1.82) is 0 Å². The van der Waals surface area contributed by atoms with E-state index in [9.17, 15) is 26.8 Å². The van der Waals surface area contributed by atoms with E-state index in [4.69, 9.17) is 11.6 Å². The van der Waals surface area contributed by atoms with E-state index in [1.165, 1.54) is 11.0 Å². The number of benzene rings is 2. The zero-order valence-electron chi connectivity index (χ0n) is 21.3. The first-order valence-electron chi connectivity index (χ1n) is 12.2. The topological polar surface area (TPSA) is 86.8 Å². The highest BCUT2D eigenvalue weighted by atomic mass is 35.5. The molecular weight excluding hydrogens is 524 g/mol. The number of nitrogens with one attached hydrogen (secondary N) is 1. The number of unbranched alkanes of at least 4 members (excludes halogenated alkanes) is 1. The second-order valence-corrected chi connectivity index (χ2v) is 11.0. The molecule has 11 heteroatoms. The minimum absolute atomic E-state index is 0.0384. The third-order valence-corrected chi connectivity index (χ3v) is 7.42. The van der Waals surface area contributed by atoms with Gasteiger partial charge in [-0.3, -0.25) is 13.9 Å². The van der Waals surface area contributed by atoms with Gasteiger partial charge in [-0.05, 0) is 43.0 Å². The van der Waals surface area contributed by atoms with Gasteiger partial charge >= 0.3 is 0 Å². The number of carbonyl (C=O) groups is 2. The van der Waals surface area contributed by atoms with Crippen LogP contribution in [0.1, 0.15) is 51.5 Å². The number of sulfonamides is 1. The number of amides is 2. The number of hydrogen-bond donors (Lipinski definition) is 1. The molecule has 0 aliphatic carbocycles. The van der Waals surface area contributed by atoms with Gasteiger partial charge in [-0.2, -0.15) is 0 Å². The van der Waals surface area contributed by atoms with E-state index < -0.39 is 27.7 Å². The van der Waals surface area contributed by atoms with Crippen molar-refractivity contribution in [2.75, 3.05) is 23.7 Å². The molecule has 7 nitrogen and oxygen atoms in total. The molecule has 37 heavy (non-hydrogen) atoms. The van der Waals surface area contributed by atoms with Crippen LogP contribution in [0, 0.1) is 11.6 Å². The lowest BCUT2D eigenvalue weighted by molar-refractivity contribution is -0.141. The number of carbonyl (C=O) groups excluding carboxylic acids is 2. The standard InChI is InChI=1S/C26H34ClF2N3O4S/c1-4-6-15-30-26(34)24(5-2)31(18-19-10-7-8-11-21(19)27)25(33)12-9-16-32(37(3,35)36)20-13-14-22(28)23(29)17-20/h7-8,10-11,13-14,17,24H,4-6,9,12,15-16,18H2,1-3H3,(H,30,34)/t24-/m1/s1. The van der Waals surface area contributed by atoms with Gasteiger partial charge < -0.3 is 10.2 Å². The Labute approximate surface area is 222 Å². The molecule has 0 bridgehead atoms. The van der Waals surface area contributed by atoms with Crippen LogP contribution in [0.5, 0.6) is 0 Å². The fraction of sp³-hybridized carbons (Fsp3) is 0.462. The molecule has 0 saturated heterocycles. The molecule has 0 spiro atoms. The largest absolute Gasteiger partial charge is 0.354 e. The summed E-state index contributed by atoms with van der Waals surface area (Å²) in [4.78, 5) is 27.8. The Kier molecular flexibility index (Phi) is 11.8. The van der Waals surface area contributed by atoms with Gasteiger partial charge in [-0.25, -0.2) is 17.2 Å². The molecule has 2 aromatic rings. The zero-order chi connectivity index (χ0) is 27.6. The number of anilines is 1. The van der Waals surface area contributed by atoms with Crippen LogP contribution in [0.2, 0.25) is 5.02 Å². The maximum Gasteiger partial charge on any atom is 0.242 e.